The van der Waals surface area contributed by atoms with Crippen LogP contribution in [0.4, 0.5) is 4.39 Å². The highest BCUT2D eigenvalue weighted by molar-refractivity contribution is 7.11. The van der Waals surface area contributed by atoms with Crippen molar-refractivity contribution in [3.05, 3.63) is 69.6 Å². The summed E-state index contributed by atoms with van der Waals surface area (Å²) in [7, 11) is 0. The molecule has 0 bridgehead atoms. The van der Waals surface area contributed by atoms with Crippen molar-refractivity contribution in [2.45, 2.75) is 38.6 Å². The summed E-state index contributed by atoms with van der Waals surface area (Å²) < 4.78 is 19.3. The number of hydrogen-bond acceptors (Lipinski definition) is 5. The van der Waals surface area contributed by atoms with Gasteiger partial charge in [0.15, 0.2) is 0 Å². The quantitative estimate of drug-likeness (QED) is 0.662. The zero-order valence-electron chi connectivity index (χ0n) is 15.0. The second kappa shape index (κ2) is 7.60. The van der Waals surface area contributed by atoms with Gasteiger partial charge in [0, 0.05) is 13.0 Å². The molecule has 1 unspecified atom stereocenters. The van der Waals surface area contributed by atoms with Crippen molar-refractivity contribution in [1.82, 2.24) is 14.9 Å². The molecule has 0 radical (unpaired) electrons. The van der Waals surface area contributed by atoms with Crippen LogP contribution in [0.2, 0.25) is 0 Å². The molecule has 0 N–H and O–H groups in total. The molecule has 0 aliphatic carbocycles. The van der Waals surface area contributed by atoms with E-state index in [1.54, 1.807) is 17.8 Å². The molecule has 140 valence electrons. The van der Waals surface area contributed by atoms with Crippen LogP contribution < -0.4 is 0 Å². The molecule has 0 spiro atoms. The molecule has 2 aromatic heterocycles. The predicted molar refractivity (Wildman–Crippen MR) is 100 cm³/mol. The van der Waals surface area contributed by atoms with Crippen molar-refractivity contribution >= 4 is 17.2 Å². The minimum Gasteiger partial charge on any atom is -0.443 e. The van der Waals surface area contributed by atoms with Crippen LogP contribution in [-0.4, -0.2) is 27.3 Å². The van der Waals surface area contributed by atoms with Gasteiger partial charge in [-0.3, -0.25) is 4.79 Å². The van der Waals surface area contributed by atoms with Gasteiger partial charge in [-0.1, -0.05) is 12.1 Å². The topological polar surface area (TPSA) is 59.2 Å². The number of aromatic nitrogens is 2. The van der Waals surface area contributed by atoms with E-state index in [-0.39, 0.29) is 17.8 Å². The SMILES string of the molecule is Cc1ncsc1C(=O)N1CCCCC1c1ncc(Cc2cccc(F)c2)o1. The number of carbonyl (C=O) groups excluding carboxylic acids is 1. The Morgan fingerprint density at radius 1 is 1.37 bits per heavy atom. The van der Waals surface area contributed by atoms with Crippen LogP contribution in [0.25, 0.3) is 0 Å². The Morgan fingerprint density at radius 2 is 2.26 bits per heavy atom. The van der Waals surface area contributed by atoms with Crippen LogP contribution in [0.15, 0.2) is 40.4 Å². The number of aryl methyl sites for hydroxylation is 1. The Balaban J connectivity index is 1.55. The third kappa shape index (κ3) is 3.78. The molecule has 1 fully saturated rings. The summed E-state index contributed by atoms with van der Waals surface area (Å²) in [5.74, 6) is 0.944. The number of benzene rings is 1. The van der Waals surface area contributed by atoms with Gasteiger partial charge in [-0.2, -0.15) is 0 Å². The number of hydrogen-bond donors (Lipinski definition) is 0. The second-order valence-electron chi connectivity index (χ2n) is 6.75. The molecule has 5 nitrogen and oxygen atoms in total. The van der Waals surface area contributed by atoms with Gasteiger partial charge < -0.3 is 9.32 Å². The summed E-state index contributed by atoms with van der Waals surface area (Å²) in [6, 6.07) is 6.27. The number of amides is 1. The highest BCUT2D eigenvalue weighted by Gasteiger charge is 2.33. The number of piperidine rings is 1. The van der Waals surface area contributed by atoms with Crippen LogP contribution in [0.1, 0.15) is 57.9 Å². The number of thiazole rings is 1. The fraction of sp³-hybridized carbons (Fsp3) is 0.350. The molecular formula is C20H20FN3O2S. The van der Waals surface area contributed by atoms with Crippen molar-refractivity contribution in [2.24, 2.45) is 0 Å². The van der Waals surface area contributed by atoms with E-state index in [1.807, 2.05) is 17.9 Å². The van der Waals surface area contributed by atoms with Crippen LogP contribution in [0.3, 0.4) is 0 Å². The number of carbonyl (C=O) groups is 1. The lowest BCUT2D eigenvalue weighted by molar-refractivity contribution is 0.0574. The largest absolute Gasteiger partial charge is 0.443 e. The van der Waals surface area contributed by atoms with Gasteiger partial charge in [-0.25, -0.2) is 14.4 Å². The molecule has 1 amide bonds. The summed E-state index contributed by atoms with van der Waals surface area (Å²) in [4.78, 5) is 24.1. The van der Waals surface area contributed by atoms with E-state index in [0.717, 1.165) is 30.5 Å². The molecular weight excluding hydrogens is 365 g/mol. The van der Waals surface area contributed by atoms with Gasteiger partial charge in [0.05, 0.1) is 17.4 Å². The Bertz CT molecular complexity index is 952. The first-order chi connectivity index (χ1) is 13.1. The number of nitrogens with zero attached hydrogens (tertiary/aromatic N) is 3. The Morgan fingerprint density at radius 3 is 3.04 bits per heavy atom. The first kappa shape index (κ1) is 17.9. The minimum absolute atomic E-state index is 0.00965. The number of rotatable bonds is 4. The summed E-state index contributed by atoms with van der Waals surface area (Å²) in [6.07, 6.45) is 4.97. The van der Waals surface area contributed by atoms with E-state index >= 15 is 0 Å². The maximum atomic E-state index is 13.4. The highest BCUT2D eigenvalue weighted by Crippen LogP contribution is 2.33. The number of halogens is 1. The maximum Gasteiger partial charge on any atom is 0.266 e. The summed E-state index contributed by atoms with van der Waals surface area (Å²) in [5, 5.41) is 0. The average Bonchev–Trinajstić information content (AvgIpc) is 3.30. The lowest BCUT2D eigenvalue weighted by Crippen LogP contribution is -2.38. The normalized spacial score (nSPS) is 17.3. The average molecular weight is 385 g/mol. The fourth-order valence-electron chi connectivity index (χ4n) is 3.48. The molecule has 3 aromatic rings. The molecule has 1 aromatic carbocycles. The summed E-state index contributed by atoms with van der Waals surface area (Å²) in [6.45, 7) is 2.54. The van der Waals surface area contributed by atoms with Crippen LogP contribution in [0, 0.1) is 12.7 Å². The van der Waals surface area contributed by atoms with E-state index < -0.39 is 0 Å². The van der Waals surface area contributed by atoms with Gasteiger partial charge in [0.2, 0.25) is 5.89 Å². The van der Waals surface area contributed by atoms with E-state index in [9.17, 15) is 9.18 Å². The van der Waals surface area contributed by atoms with Crippen LogP contribution >= 0.6 is 11.3 Å². The molecule has 1 aliphatic rings. The van der Waals surface area contributed by atoms with Crippen molar-refractivity contribution in [3.8, 4) is 0 Å². The smallest absolute Gasteiger partial charge is 0.266 e. The number of oxazole rings is 1. The zero-order valence-corrected chi connectivity index (χ0v) is 15.8. The highest BCUT2D eigenvalue weighted by atomic mass is 32.1. The van der Waals surface area contributed by atoms with Gasteiger partial charge in [0.1, 0.15) is 22.5 Å². The first-order valence-corrected chi connectivity index (χ1v) is 9.90. The lowest BCUT2D eigenvalue weighted by Gasteiger charge is -2.33. The Hall–Kier alpha value is -2.54. The molecule has 0 saturated carbocycles. The zero-order chi connectivity index (χ0) is 18.8. The van der Waals surface area contributed by atoms with Gasteiger partial charge in [-0.15, -0.1) is 11.3 Å². The van der Waals surface area contributed by atoms with Gasteiger partial charge in [0.25, 0.3) is 5.91 Å². The monoisotopic (exact) mass is 385 g/mol. The van der Waals surface area contributed by atoms with Gasteiger partial charge in [-0.05, 0) is 43.9 Å². The van der Waals surface area contributed by atoms with E-state index in [2.05, 4.69) is 9.97 Å². The van der Waals surface area contributed by atoms with E-state index in [1.165, 1.54) is 23.5 Å². The summed E-state index contributed by atoms with van der Waals surface area (Å²) in [5.41, 5.74) is 3.28. The fourth-order valence-corrected chi connectivity index (χ4v) is 4.23. The molecule has 7 heteroatoms. The standard InChI is InChI=1S/C20H20FN3O2S/c1-13-18(27-12-23-13)20(25)24-8-3-2-7-17(24)19-22-11-16(26-19)10-14-5-4-6-15(21)9-14/h4-6,9,11-12,17H,2-3,7-8,10H2,1H3. The third-order valence-electron chi connectivity index (χ3n) is 4.83. The number of likely N-dealkylation sites (tertiary alicyclic amines) is 1. The summed E-state index contributed by atoms with van der Waals surface area (Å²) >= 11 is 1.37. The van der Waals surface area contributed by atoms with Crippen LogP contribution in [-0.2, 0) is 6.42 Å². The molecule has 1 saturated heterocycles. The van der Waals surface area contributed by atoms with E-state index in [4.69, 9.17) is 4.42 Å². The molecule has 27 heavy (non-hydrogen) atoms. The maximum absolute atomic E-state index is 13.4. The third-order valence-corrected chi connectivity index (χ3v) is 5.74. The lowest BCUT2D eigenvalue weighted by atomic mass is 10.0. The Labute approximate surface area is 160 Å². The van der Waals surface area contributed by atoms with Crippen LogP contribution in [0.5, 0.6) is 0 Å². The second-order valence-corrected chi connectivity index (χ2v) is 7.60. The molecule has 4 rings (SSSR count). The molecule has 3 heterocycles. The van der Waals surface area contributed by atoms with E-state index in [0.29, 0.717) is 29.5 Å². The first-order valence-electron chi connectivity index (χ1n) is 9.02. The van der Waals surface area contributed by atoms with Crippen molar-refractivity contribution < 1.29 is 13.6 Å². The minimum atomic E-state index is -0.267. The van der Waals surface area contributed by atoms with Crippen molar-refractivity contribution in [1.29, 1.82) is 0 Å². The van der Waals surface area contributed by atoms with Gasteiger partial charge >= 0.3 is 0 Å². The van der Waals surface area contributed by atoms with Crippen molar-refractivity contribution in [2.75, 3.05) is 6.54 Å². The molecule has 1 atom stereocenters. The Kier molecular flexibility index (Phi) is 5.03. The van der Waals surface area contributed by atoms with Crippen molar-refractivity contribution in [3.63, 3.8) is 0 Å². The molecule has 1 aliphatic heterocycles. The predicted octanol–water partition coefficient (Wildman–Crippen LogP) is 4.54.